The van der Waals surface area contributed by atoms with Crippen molar-refractivity contribution in [2.24, 2.45) is 0 Å². The van der Waals surface area contributed by atoms with Crippen molar-refractivity contribution in [3.8, 4) is 0 Å². The maximum atomic E-state index is 12.8. The first-order valence-electron chi connectivity index (χ1n) is 8.03. The number of hydrogen-bond donors (Lipinski definition) is 1. The van der Waals surface area contributed by atoms with E-state index in [4.69, 9.17) is 11.6 Å². The molecule has 25 heavy (non-hydrogen) atoms. The SMILES string of the molecule is Cc1ccc(NC(=O)c2sc3ccc4ccccc4c3c2Cl)cc1C. The van der Waals surface area contributed by atoms with Gasteiger partial charge in [-0.2, -0.15) is 0 Å². The lowest BCUT2D eigenvalue weighted by Crippen LogP contribution is -2.10. The van der Waals surface area contributed by atoms with Crippen LogP contribution in [0, 0.1) is 13.8 Å². The zero-order valence-corrected chi connectivity index (χ0v) is 15.5. The summed E-state index contributed by atoms with van der Waals surface area (Å²) in [5.74, 6) is -0.168. The molecule has 4 heteroatoms. The molecule has 0 aliphatic rings. The molecule has 3 aromatic carbocycles. The molecule has 0 radical (unpaired) electrons. The monoisotopic (exact) mass is 365 g/mol. The number of fused-ring (bicyclic) bond motifs is 3. The van der Waals surface area contributed by atoms with Crippen LogP contribution >= 0.6 is 22.9 Å². The van der Waals surface area contributed by atoms with E-state index in [2.05, 4.69) is 24.4 Å². The van der Waals surface area contributed by atoms with Crippen LogP contribution in [0.4, 0.5) is 5.69 Å². The van der Waals surface area contributed by atoms with E-state index in [1.54, 1.807) is 0 Å². The van der Waals surface area contributed by atoms with Crippen molar-refractivity contribution < 1.29 is 4.79 Å². The number of benzene rings is 3. The molecule has 0 saturated carbocycles. The van der Waals surface area contributed by atoms with Crippen LogP contribution in [0.2, 0.25) is 5.02 Å². The summed E-state index contributed by atoms with van der Waals surface area (Å²) in [5.41, 5.74) is 3.13. The summed E-state index contributed by atoms with van der Waals surface area (Å²) in [5, 5.41) is 6.64. The van der Waals surface area contributed by atoms with Crippen molar-refractivity contribution in [3.05, 3.63) is 75.6 Å². The molecule has 0 spiro atoms. The lowest BCUT2D eigenvalue weighted by molar-refractivity contribution is 0.103. The molecule has 1 N–H and O–H groups in total. The molecule has 0 fully saturated rings. The Morgan fingerprint density at radius 3 is 2.60 bits per heavy atom. The number of rotatable bonds is 2. The van der Waals surface area contributed by atoms with Crippen LogP contribution in [0.25, 0.3) is 20.9 Å². The van der Waals surface area contributed by atoms with Crippen molar-refractivity contribution >= 4 is 55.4 Å². The van der Waals surface area contributed by atoms with Gasteiger partial charge in [0.25, 0.3) is 5.91 Å². The Morgan fingerprint density at radius 1 is 1.00 bits per heavy atom. The van der Waals surface area contributed by atoms with Crippen molar-refractivity contribution in [1.29, 1.82) is 0 Å². The normalized spacial score (nSPS) is 11.2. The van der Waals surface area contributed by atoms with Crippen molar-refractivity contribution in [2.45, 2.75) is 13.8 Å². The number of halogens is 1. The number of thiophene rings is 1. The van der Waals surface area contributed by atoms with Crippen LogP contribution in [0.5, 0.6) is 0 Å². The molecular weight excluding hydrogens is 350 g/mol. The number of amides is 1. The quantitative estimate of drug-likeness (QED) is 0.427. The highest BCUT2D eigenvalue weighted by Crippen LogP contribution is 2.40. The van der Waals surface area contributed by atoms with Crippen molar-refractivity contribution in [3.63, 3.8) is 0 Å². The van der Waals surface area contributed by atoms with Crippen LogP contribution in [0.3, 0.4) is 0 Å². The summed E-state index contributed by atoms with van der Waals surface area (Å²) in [6, 6.07) is 18.1. The van der Waals surface area contributed by atoms with Gasteiger partial charge < -0.3 is 5.32 Å². The van der Waals surface area contributed by atoms with Crippen molar-refractivity contribution in [1.82, 2.24) is 0 Å². The predicted molar refractivity (Wildman–Crippen MR) is 108 cm³/mol. The van der Waals surface area contributed by atoms with Crippen molar-refractivity contribution in [2.75, 3.05) is 5.32 Å². The first-order chi connectivity index (χ1) is 12.0. The highest BCUT2D eigenvalue weighted by Gasteiger charge is 2.19. The van der Waals surface area contributed by atoms with E-state index in [-0.39, 0.29) is 5.91 Å². The molecule has 2 nitrogen and oxygen atoms in total. The Balaban J connectivity index is 1.78. The average Bonchev–Trinajstić information content (AvgIpc) is 2.95. The van der Waals surface area contributed by atoms with Gasteiger partial charge in [-0.15, -0.1) is 11.3 Å². The Kier molecular flexibility index (Phi) is 3.98. The summed E-state index contributed by atoms with van der Waals surface area (Å²) in [4.78, 5) is 13.3. The van der Waals surface area contributed by atoms with E-state index in [1.807, 2.05) is 49.4 Å². The summed E-state index contributed by atoms with van der Waals surface area (Å²) >= 11 is 8.03. The van der Waals surface area contributed by atoms with Gasteiger partial charge in [-0.05, 0) is 53.9 Å². The number of aryl methyl sites for hydroxylation is 2. The fraction of sp³-hybridized carbons (Fsp3) is 0.0952. The summed E-state index contributed by atoms with van der Waals surface area (Å²) in [6.07, 6.45) is 0. The summed E-state index contributed by atoms with van der Waals surface area (Å²) in [7, 11) is 0. The second-order valence-electron chi connectivity index (χ2n) is 6.16. The van der Waals surface area contributed by atoms with E-state index in [9.17, 15) is 4.79 Å². The fourth-order valence-corrected chi connectivity index (χ4v) is 4.45. The molecule has 0 aliphatic carbocycles. The number of carbonyl (C=O) groups excluding carboxylic acids is 1. The zero-order chi connectivity index (χ0) is 17.6. The topological polar surface area (TPSA) is 29.1 Å². The molecular formula is C21H16ClNOS. The second kappa shape index (κ2) is 6.17. The van der Waals surface area contributed by atoms with Crippen LogP contribution in [0.1, 0.15) is 20.8 Å². The van der Waals surface area contributed by atoms with Gasteiger partial charge >= 0.3 is 0 Å². The Hall–Kier alpha value is -2.36. The fourth-order valence-electron chi connectivity index (χ4n) is 2.98. The molecule has 0 saturated heterocycles. The Labute approximate surface area is 155 Å². The molecule has 4 aromatic rings. The van der Waals surface area contributed by atoms with Gasteiger partial charge in [0.2, 0.25) is 0 Å². The minimum atomic E-state index is -0.168. The van der Waals surface area contributed by atoms with Crippen LogP contribution in [-0.4, -0.2) is 5.91 Å². The number of hydrogen-bond acceptors (Lipinski definition) is 2. The van der Waals surface area contributed by atoms with E-state index < -0.39 is 0 Å². The molecule has 4 rings (SSSR count). The number of carbonyl (C=O) groups is 1. The molecule has 1 amide bonds. The maximum absolute atomic E-state index is 12.8. The highest BCUT2D eigenvalue weighted by molar-refractivity contribution is 7.22. The molecule has 1 heterocycles. The second-order valence-corrected chi connectivity index (χ2v) is 7.59. The third kappa shape index (κ3) is 2.80. The molecule has 0 unspecified atom stereocenters. The predicted octanol–water partition coefficient (Wildman–Crippen LogP) is 6.58. The highest BCUT2D eigenvalue weighted by atomic mass is 35.5. The first kappa shape index (κ1) is 16.1. The minimum absolute atomic E-state index is 0.168. The Morgan fingerprint density at radius 2 is 1.80 bits per heavy atom. The minimum Gasteiger partial charge on any atom is -0.321 e. The van der Waals surface area contributed by atoms with Gasteiger partial charge in [-0.25, -0.2) is 0 Å². The third-order valence-corrected chi connectivity index (χ3v) is 6.14. The molecule has 0 bridgehead atoms. The zero-order valence-electron chi connectivity index (χ0n) is 13.9. The van der Waals surface area contributed by atoms with Crippen LogP contribution in [-0.2, 0) is 0 Å². The summed E-state index contributed by atoms with van der Waals surface area (Å²) in [6.45, 7) is 4.08. The number of nitrogens with one attached hydrogen (secondary N) is 1. The van der Waals surface area contributed by atoms with Gasteiger partial charge in [-0.1, -0.05) is 48.0 Å². The first-order valence-corrected chi connectivity index (χ1v) is 9.22. The largest absolute Gasteiger partial charge is 0.321 e. The Bertz CT molecular complexity index is 1130. The smallest absolute Gasteiger partial charge is 0.267 e. The number of anilines is 1. The van der Waals surface area contributed by atoms with Gasteiger partial charge in [0, 0.05) is 15.8 Å². The van der Waals surface area contributed by atoms with E-state index in [1.165, 1.54) is 16.9 Å². The van der Waals surface area contributed by atoms with E-state index in [0.717, 1.165) is 32.1 Å². The lowest BCUT2D eigenvalue weighted by atomic mass is 10.1. The summed E-state index contributed by atoms with van der Waals surface area (Å²) < 4.78 is 1.02. The van der Waals surface area contributed by atoms with Gasteiger partial charge in [0.15, 0.2) is 0 Å². The van der Waals surface area contributed by atoms with Gasteiger partial charge in [-0.3, -0.25) is 4.79 Å². The average molecular weight is 366 g/mol. The van der Waals surface area contributed by atoms with E-state index in [0.29, 0.717) is 9.90 Å². The standard InChI is InChI=1S/C21H16ClNOS/c1-12-7-9-15(11-13(12)2)23-21(24)20-19(22)18-16-6-4-3-5-14(16)8-10-17(18)25-20/h3-11H,1-2H3,(H,23,24). The molecule has 1 aromatic heterocycles. The molecule has 124 valence electrons. The maximum Gasteiger partial charge on any atom is 0.267 e. The lowest BCUT2D eigenvalue weighted by Gasteiger charge is -2.07. The third-order valence-electron chi connectivity index (χ3n) is 4.49. The molecule has 0 atom stereocenters. The van der Waals surface area contributed by atoms with E-state index >= 15 is 0 Å². The van der Waals surface area contributed by atoms with Gasteiger partial charge in [0.05, 0.1) is 5.02 Å². The van der Waals surface area contributed by atoms with Crippen LogP contribution in [0.15, 0.2) is 54.6 Å². The van der Waals surface area contributed by atoms with Crippen LogP contribution < -0.4 is 5.32 Å². The molecule has 0 aliphatic heterocycles. The van der Waals surface area contributed by atoms with Gasteiger partial charge in [0.1, 0.15) is 4.88 Å².